The van der Waals surface area contributed by atoms with Crippen LogP contribution in [0.2, 0.25) is 0 Å². The molecule has 0 amide bonds. The van der Waals surface area contributed by atoms with E-state index in [1.165, 1.54) is 0 Å². The first-order chi connectivity index (χ1) is 6.99. The predicted molar refractivity (Wildman–Crippen MR) is 58.2 cm³/mol. The molecule has 0 bridgehead atoms. The Hall–Kier alpha value is -1.04. The number of rotatable bonds is 2. The van der Waals surface area contributed by atoms with Crippen LogP contribution < -0.4 is 5.73 Å². The van der Waals surface area contributed by atoms with Crippen molar-refractivity contribution in [2.45, 2.75) is 31.6 Å². The number of hydrogen-bond donors (Lipinski definition) is 1. The molecule has 1 aromatic heterocycles. The molecule has 15 heavy (non-hydrogen) atoms. The van der Waals surface area contributed by atoms with E-state index in [1.807, 2.05) is 6.92 Å². The lowest BCUT2D eigenvalue weighted by molar-refractivity contribution is 0.543. The fourth-order valence-corrected chi connectivity index (χ4v) is 3.71. The summed E-state index contributed by atoms with van der Waals surface area (Å²) in [4.78, 5) is 0. The first-order valence-corrected chi connectivity index (χ1v) is 6.72. The van der Waals surface area contributed by atoms with Crippen molar-refractivity contribution in [2.24, 2.45) is 0 Å². The lowest BCUT2D eigenvalue weighted by atomic mass is 10.2. The Bertz CT molecular complexity index is 444. The van der Waals surface area contributed by atoms with Crippen molar-refractivity contribution < 1.29 is 8.42 Å². The van der Waals surface area contributed by atoms with E-state index in [1.54, 1.807) is 10.9 Å². The minimum Gasteiger partial charge on any atom is -0.382 e. The SMILES string of the molecule is Cc1cn(CC2CCCS2(=O)=O)nc1N. The van der Waals surface area contributed by atoms with Crippen LogP contribution in [0.15, 0.2) is 6.20 Å². The van der Waals surface area contributed by atoms with E-state index in [-0.39, 0.29) is 5.25 Å². The second kappa shape index (κ2) is 3.52. The summed E-state index contributed by atoms with van der Waals surface area (Å²) < 4.78 is 24.8. The molecule has 6 heteroatoms. The summed E-state index contributed by atoms with van der Waals surface area (Å²) in [5, 5.41) is 3.79. The average Bonchev–Trinajstić information content (AvgIpc) is 2.59. The smallest absolute Gasteiger partial charge is 0.154 e. The number of anilines is 1. The van der Waals surface area contributed by atoms with E-state index in [0.717, 1.165) is 18.4 Å². The summed E-state index contributed by atoms with van der Waals surface area (Å²) in [5.74, 6) is 0.790. The third kappa shape index (κ3) is 1.99. The van der Waals surface area contributed by atoms with Crippen LogP contribution in [0.3, 0.4) is 0 Å². The number of nitrogens with two attached hydrogens (primary N) is 1. The zero-order valence-corrected chi connectivity index (χ0v) is 9.50. The van der Waals surface area contributed by atoms with Crippen molar-refractivity contribution in [1.29, 1.82) is 0 Å². The van der Waals surface area contributed by atoms with Gasteiger partial charge in [0.05, 0.1) is 17.5 Å². The molecule has 84 valence electrons. The van der Waals surface area contributed by atoms with Crippen LogP contribution in [0.4, 0.5) is 5.82 Å². The van der Waals surface area contributed by atoms with E-state index in [0.29, 0.717) is 18.1 Å². The summed E-state index contributed by atoms with van der Waals surface area (Å²) in [5.41, 5.74) is 6.49. The van der Waals surface area contributed by atoms with Crippen molar-refractivity contribution >= 4 is 15.7 Å². The van der Waals surface area contributed by atoms with Crippen molar-refractivity contribution in [3.63, 3.8) is 0 Å². The standard InChI is InChI=1S/C9H15N3O2S/c1-7-5-12(11-9(7)10)6-8-3-2-4-15(8,13)14/h5,8H,2-4,6H2,1H3,(H2,10,11). The highest BCUT2D eigenvalue weighted by molar-refractivity contribution is 7.92. The summed E-state index contributed by atoms with van der Waals surface area (Å²) in [7, 11) is -2.89. The average molecular weight is 229 g/mol. The Balaban J connectivity index is 2.16. The first kappa shape index (κ1) is 10.5. The summed E-state index contributed by atoms with van der Waals surface area (Å²) in [6, 6.07) is 0. The van der Waals surface area contributed by atoms with Gasteiger partial charge in [0.25, 0.3) is 0 Å². The fraction of sp³-hybridized carbons (Fsp3) is 0.667. The molecule has 1 aliphatic heterocycles. The van der Waals surface area contributed by atoms with Crippen LogP contribution in [0.5, 0.6) is 0 Å². The van der Waals surface area contributed by atoms with Crippen LogP contribution in [-0.4, -0.2) is 29.2 Å². The van der Waals surface area contributed by atoms with Gasteiger partial charge in [-0.15, -0.1) is 0 Å². The Labute approximate surface area is 89.2 Å². The largest absolute Gasteiger partial charge is 0.382 e. The topological polar surface area (TPSA) is 78.0 Å². The number of nitrogens with zero attached hydrogens (tertiary/aromatic N) is 2. The van der Waals surface area contributed by atoms with Gasteiger partial charge >= 0.3 is 0 Å². The molecule has 1 saturated heterocycles. The van der Waals surface area contributed by atoms with Crippen LogP contribution in [0.25, 0.3) is 0 Å². The van der Waals surface area contributed by atoms with E-state index < -0.39 is 9.84 Å². The van der Waals surface area contributed by atoms with Crippen molar-refractivity contribution in [3.8, 4) is 0 Å². The molecule has 0 radical (unpaired) electrons. The van der Waals surface area contributed by atoms with Gasteiger partial charge in [-0.25, -0.2) is 8.42 Å². The highest BCUT2D eigenvalue weighted by atomic mass is 32.2. The molecular formula is C9H15N3O2S. The molecule has 2 rings (SSSR count). The number of sulfone groups is 1. The van der Waals surface area contributed by atoms with Crippen molar-refractivity contribution in [2.75, 3.05) is 11.5 Å². The van der Waals surface area contributed by atoms with Gasteiger partial charge in [0, 0.05) is 11.8 Å². The molecule has 1 fully saturated rings. The van der Waals surface area contributed by atoms with Gasteiger partial charge in [0.1, 0.15) is 5.82 Å². The molecular weight excluding hydrogens is 214 g/mol. The highest BCUT2D eigenvalue weighted by Crippen LogP contribution is 2.21. The van der Waals surface area contributed by atoms with E-state index >= 15 is 0 Å². The number of aromatic nitrogens is 2. The number of nitrogen functional groups attached to an aromatic ring is 1. The maximum absolute atomic E-state index is 11.6. The Morgan fingerprint density at radius 2 is 2.40 bits per heavy atom. The first-order valence-electron chi connectivity index (χ1n) is 5.00. The van der Waals surface area contributed by atoms with Crippen LogP contribution in [0.1, 0.15) is 18.4 Å². The Kier molecular flexibility index (Phi) is 2.46. The van der Waals surface area contributed by atoms with Gasteiger partial charge in [-0.1, -0.05) is 0 Å². The monoisotopic (exact) mass is 229 g/mol. The zero-order valence-electron chi connectivity index (χ0n) is 8.68. The summed E-state index contributed by atoms with van der Waals surface area (Å²) in [6.07, 6.45) is 3.30. The molecule has 1 atom stereocenters. The van der Waals surface area contributed by atoms with E-state index in [9.17, 15) is 8.42 Å². The molecule has 2 N–H and O–H groups in total. The molecule has 1 aliphatic rings. The lowest BCUT2D eigenvalue weighted by Gasteiger charge is -2.08. The number of aryl methyl sites for hydroxylation is 1. The molecule has 1 aromatic rings. The van der Waals surface area contributed by atoms with Gasteiger partial charge in [0.2, 0.25) is 0 Å². The minimum absolute atomic E-state index is 0.281. The summed E-state index contributed by atoms with van der Waals surface area (Å²) in [6.45, 7) is 2.29. The molecule has 0 aromatic carbocycles. The predicted octanol–water partition coefficient (Wildman–Crippen LogP) is 0.351. The van der Waals surface area contributed by atoms with Gasteiger partial charge < -0.3 is 5.73 Å². The normalized spacial score (nSPS) is 24.5. The third-order valence-electron chi connectivity index (χ3n) is 2.84. The highest BCUT2D eigenvalue weighted by Gasteiger charge is 2.31. The van der Waals surface area contributed by atoms with Gasteiger partial charge in [-0.3, -0.25) is 4.68 Å². The van der Waals surface area contributed by atoms with Gasteiger partial charge in [-0.05, 0) is 19.8 Å². The molecule has 1 unspecified atom stereocenters. The lowest BCUT2D eigenvalue weighted by Crippen LogP contribution is -2.22. The minimum atomic E-state index is -2.89. The second-order valence-corrected chi connectivity index (χ2v) is 6.45. The molecule has 2 heterocycles. The van der Waals surface area contributed by atoms with Crippen LogP contribution >= 0.6 is 0 Å². The van der Waals surface area contributed by atoms with Crippen LogP contribution in [0, 0.1) is 6.92 Å². The van der Waals surface area contributed by atoms with E-state index in [4.69, 9.17) is 5.73 Å². The third-order valence-corrected chi connectivity index (χ3v) is 5.09. The van der Waals surface area contributed by atoms with Crippen molar-refractivity contribution in [1.82, 2.24) is 9.78 Å². The summed E-state index contributed by atoms with van der Waals surface area (Å²) >= 11 is 0. The zero-order chi connectivity index (χ0) is 11.1. The van der Waals surface area contributed by atoms with Gasteiger partial charge in [0.15, 0.2) is 9.84 Å². The van der Waals surface area contributed by atoms with E-state index in [2.05, 4.69) is 5.10 Å². The Morgan fingerprint density at radius 3 is 2.87 bits per heavy atom. The Morgan fingerprint density at radius 1 is 1.67 bits per heavy atom. The van der Waals surface area contributed by atoms with Crippen LogP contribution in [-0.2, 0) is 16.4 Å². The quantitative estimate of drug-likeness (QED) is 0.793. The van der Waals surface area contributed by atoms with Gasteiger partial charge in [-0.2, -0.15) is 5.10 Å². The maximum Gasteiger partial charge on any atom is 0.154 e. The van der Waals surface area contributed by atoms with Crippen molar-refractivity contribution in [3.05, 3.63) is 11.8 Å². The maximum atomic E-state index is 11.6. The molecule has 0 aliphatic carbocycles. The second-order valence-electron chi connectivity index (χ2n) is 4.05. The molecule has 5 nitrogen and oxygen atoms in total. The fourth-order valence-electron chi connectivity index (χ4n) is 1.90. The molecule has 0 saturated carbocycles. The molecule has 0 spiro atoms. The number of hydrogen-bond acceptors (Lipinski definition) is 4.